The van der Waals surface area contributed by atoms with Gasteiger partial charge in [-0.25, -0.2) is 0 Å². The molecule has 1 heterocycles. The van der Waals surface area contributed by atoms with Crippen LogP contribution >= 0.6 is 0 Å². The number of aromatic nitrogens is 3. The molecule has 23 heavy (non-hydrogen) atoms. The molecule has 5 aliphatic rings. The van der Waals surface area contributed by atoms with E-state index in [0.29, 0.717) is 17.8 Å². The van der Waals surface area contributed by atoms with E-state index in [1.165, 1.54) is 44.9 Å². The van der Waals surface area contributed by atoms with Crippen LogP contribution in [-0.2, 0) is 23.2 Å². The van der Waals surface area contributed by atoms with Crippen LogP contribution in [0.4, 0.5) is 0 Å². The third kappa shape index (κ3) is 2.31. The Morgan fingerprint density at radius 1 is 1.09 bits per heavy atom. The Bertz CT molecular complexity index is 606. The molecule has 0 amide bonds. The summed E-state index contributed by atoms with van der Waals surface area (Å²) >= 11 is 0. The number of ether oxygens (including phenoxy) is 1. The molecule has 0 aromatic carbocycles. The second-order valence-electron chi connectivity index (χ2n) is 8.37. The summed E-state index contributed by atoms with van der Waals surface area (Å²) in [4.78, 5) is 12.7. The second-order valence-corrected chi connectivity index (χ2v) is 8.37. The Morgan fingerprint density at radius 3 is 2.35 bits per heavy atom. The minimum absolute atomic E-state index is 0.0229. The molecule has 0 N–H and O–H groups in total. The fraction of sp³-hybridized carbons (Fsp3) is 0.833. The van der Waals surface area contributed by atoms with Crippen LogP contribution in [0.3, 0.4) is 0 Å². The highest BCUT2D eigenvalue weighted by Crippen LogP contribution is 2.56. The summed E-state index contributed by atoms with van der Waals surface area (Å²) in [6, 6.07) is 0. The molecule has 5 saturated carbocycles. The van der Waals surface area contributed by atoms with Gasteiger partial charge in [0.25, 0.3) is 0 Å². The lowest BCUT2D eigenvalue weighted by atomic mass is 9.52. The number of hydrogen-bond donors (Lipinski definition) is 0. The van der Waals surface area contributed by atoms with Crippen LogP contribution in [0, 0.1) is 29.6 Å². The van der Waals surface area contributed by atoms with Gasteiger partial charge in [-0.15, -0.1) is 10.2 Å². The molecule has 5 nitrogen and oxygen atoms in total. The molecule has 0 spiro atoms. The van der Waals surface area contributed by atoms with Crippen molar-refractivity contribution in [1.82, 2.24) is 14.8 Å². The lowest BCUT2D eigenvalue weighted by molar-refractivity contribution is -0.164. The Labute approximate surface area is 136 Å². The first-order chi connectivity index (χ1) is 11.2. The van der Waals surface area contributed by atoms with Crippen LogP contribution in [0.15, 0.2) is 0 Å². The highest BCUT2D eigenvalue weighted by molar-refractivity contribution is 5.73. The highest BCUT2D eigenvalue weighted by Gasteiger charge is 2.51. The molecule has 5 aliphatic carbocycles. The lowest BCUT2D eigenvalue weighted by Crippen LogP contribution is -2.48. The number of nitrogens with zero attached hydrogens (tertiary/aromatic N) is 3. The maximum absolute atomic E-state index is 12.7. The molecule has 5 heteroatoms. The predicted molar refractivity (Wildman–Crippen MR) is 83.3 cm³/mol. The zero-order valence-electron chi connectivity index (χ0n) is 13.8. The molecule has 0 atom stereocenters. The third-order valence-electron chi connectivity index (χ3n) is 6.78. The molecule has 1 aromatic rings. The Hall–Kier alpha value is -1.39. The molecule has 0 aliphatic heterocycles. The lowest BCUT2D eigenvalue weighted by Gasteiger charge is -2.53. The first-order valence-corrected chi connectivity index (χ1v) is 9.24. The Kier molecular flexibility index (Phi) is 3.07. The maximum Gasteiger partial charge on any atom is 0.309 e. The minimum Gasteiger partial charge on any atom is -0.457 e. The number of carbonyl (C=O) groups is 1. The van der Waals surface area contributed by atoms with Gasteiger partial charge in [0, 0.05) is 13.0 Å². The topological polar surface area (TPSA) is 57.0 Å². The van der Waals surface area contributed by atoms with Crippen LogP contribution in [0.2, 0.25) is 0 Å². The molecule has 4 bridgehead atoms. The van der Waals surface area contributed by atoms with Crippen LogP contribution in [0.1, 0.15) is 62.5 Å². The van der Waals surface area contributed by atoms with E-state index in [1.807, 2.05) is 11.6 Å². The van der Waals surface area contributed by atoms with Gasteiger partial charge in [0.1, 0.15) is 5.82 Å². The zero-order valence-corrected chi connectivity index (χ0v) is 13.8. The number of esters is 1. The smallest absolute Gasteiger partial charge is 0.309 e. The Balaban J connectivity index is 1.25. The summed E-state index contributed by atoms with van der Waals surface area (Å²) in [5.74, 6) is 5.52. The van der Waals surface area contributed by atoms with Crippen LogP contribution < -0.4 is 0 Å². The molecule has 5 fully saturated rings. The average molecular weight is 315 g/mol. The third-order valence-corrected chi connectivity index (χ3v) is 6.78. The SMILES string of the molecule is Cn1c(COC(=O)C2C3CC4CC(C3)CC2C4)nnc1C1CC1. The fourth-order valence-corrected chi connectivity index (χ4v) is 5.74. The second kappa shape index (κ2) is 5.05. The summed E-state index contributed by atoms with van der Waals surface area (Å²) in [6.07, 6.45) is 8.84. The van der Waals surface area contributed by atoms with Gasteiger partial charge in [-0.05, 0) is 68.6 Å². The molecule has 6 rings (SSSR count). The first kappa shape index (κ1) is 14.0. The molecule has 0 saturated heterocycles. The number of rotatable bonds is 4. The van der Waals surface area contributed by atoms with Gasteiger partial charge in [0.15, 0.2) is 12.4 Å². The van der Waals surface area contributed by atoms with Crippen molar-refractivity contribution in [2.45, 2.75) is 57.5 Å². The Morgan fingerprint density at radius 2 is 1.74 bits per heavy atom. The van der Waals surface area contributed by atoms with Crippen molar-refractivity contribution in [1.29, 1.82) is 0 Å². The van der Waals surface area contributed by atoms with Crippen molar-refractivity contribution in [3.8, 4) is 0 Å². The standard InChI is InChI=1S/C18H25N3O2/c1-21-15(19-20-17(21)12-2-3-12)9-23-18(22)16-13-5-10-4-11(7-13)8-14(16)6-10/h10-14,16H,2-9H2,1H3. The summed E-state index contributed by atoms with van der Waals surface area (Å²) in [5, 5.41) is 8.48. The van der Waals surface area contributed by atoms with E-state index in [2.05, 4.69) is 10.2 Å². The van der Waals surface area contributed by atoms with Gasteiger partial charge >= 0.3 is 5.97 Å². The zero-order chi connectivity index (χ0) is 15.6. The summed E-state index contributed by atoms with van der Waals surface area (Å²) in [7, 11) is 1.99. The van der Waals surface area contributed by atoms with Crippen molar-refractivity contribution in [2.75, 3.05) is 0 Å². The fourth-order valence-electron chi connectivity index (χ4n) is 5.74. The van der Waals surface area contributed by atoms with Gasteiger partial charge in [-0.2, -0.15) is 0 Å². The predicted octanol–water partition coefficient (Wildman–Crippen LogP) is 2.81. The highest BCUT2D eigenvalue weighted by atomic mass is 16.5. The van der Waals surface area contributed by atoms with Crippen LogP contribution in [0.5, 0.6) is 0 Å². The summed E-state index contributed by atoms with van der Waals surface area (Å²) < 4.78 is 7.70. The van der Waals surface area contributed by atoms with Crippen LogP contribution in [0.25, 0.3) is 0 Å². The molecular formula is C18H25N3O2. The van der Waals surface area contributed by atoms with E-state index in [9.17, 15) is 4.79 Å². The van der Waals surface area contributed by atoms with Gasteiger partial charge in [0.05, 0.1) is 5.92 Å². The molecule has 124 valence electrons. The number of hydrogen-bond acceptors (Lipinski definition) is 4. The van der Waals surface area contributed by atoms with E-state index in [-0.39, 0.29) is 18.5 Å². The van der Waals surface area contributed by atoms with Crippen LogP contribution in [-0.4, -0.2) is 20.7 Å². The van der Waals surface area contributed by atoms with E-state index in [1.54, 1.807) is 0 Å². The molecule has 0 radical (unpaired) electrons. The molecule has 0 unspecified atom stereocenters. The average Bonchev–Trinajstić information content (AvgIpc) is 3.28. The van der Waals surface area contributed by atoms with Gasteiger partial charge < -0.3 is 9.30 Å². The van der Waals surface area contributed by atoms with Gasteiger partial charge in [-0.1, -0.05) is 0 Å². The van der Waals surface area contributed by atoms with E-state index in [0.717, 1.165) is 23.5 Å². The monoisotopic (exact) mass is 315 g/mol. The van der Waals surface area contributed by atoms with Crippen molar-refractivity contribution in [3.63, 3.8) is 0 Å². The first-order valence-electron chi connectivity index (χ1n) is 9.24. The van der Waals surface area contributed by atoms with E-state index < -0.39 is 0 Å². The summed E-state index contributed by atoms with van der Waals surface area (Å²) in [6.45, 7) is 0.276. The van der Waals surface area contributed by atoms with Gasteiger partial charge in [-0.3, -0.25) is 4.79 Å². The van der Waals surface area contributed by atoms with E-state index in [4.69, 9.17) is 4.74 Å². The van der Waals surface area contributed by atoms with Crippen molar-refractivity contribution < 1.29 is 9.53 Å². The normalized spacial score (nSPS) is 38.0. The summed E-state index contributed by atoms with van der Waals surface area (Å²) in [5.41, 5.74) is 0. The van der Waals surface area contributed by atoms with Crippen molar-refractivity contribution >= 4 is 5.97 Å². The quantitative estimate of drug-likeness (QED) is 0.802. The largest absolute Gasteiger partial charge is 0.457 e. The minimum atomic E-state index is 0.0229. The van der Waals surface area contributed by atoms with Gasteiger partial charge in [0.2, 0.25) is 0 Å². The maximum atomic E-state index is 12.7. The number of carbonyl (C=O) groups excluding carboxylic acids is 1. The van der Waals surface area contributed by atoms with Crippen molar-refractivity contribution in [3.05, 3.63) is 11.6 Å². The van der Waals surface area contributed by atoms with E-state index >= 15 is 0 Å². The molecule has 1 aromatic heterocycles. The van der Waals surface area contributed by atoms with Crippen molar-refractivity contribution in [2.24, 2.45) is 36.6 Å². The molecular weight excluding hydrogens is 290 g/mol.